The molecule has 0 amide bonds. The second-order valence-corrected chi connectivity index (χ2v) is 5.82. The van der Waals surface area contributed by atoms with Crippen LogP contribution in [0.2, 0.25) is 0 Å². The lowest BCUT2D eigenvalue weighted by Crippen LogP contribution is -1.98. The van der Waals surface area contributed by atoms with E-state index in [1.165, 1.54) is 11.6 Å². The Hall–Kier alpha value is -2.55. The van der Waals surface area contributed by atoms with Gasteiger partial charge in [0.15, 0.2) is 0 Å². The van der Waals surface area contributed by atoms with Gasteiger partial charge in [0.2, 0.25) is 0 Å². The van der Waals surface area contributed by atoms with Crippen molar-refractivity contribution in [3.8, 4) is 16.9 Å². The minimum Gasteiger partial charge on any atom is -0.496 e. The number of methoxy groups -OCH3 is 1. The molecule has 24 heavy (non-hydrogen) atoms. The van der Waals surface area contributed by atoms with E-state index in [2.05, 4.69) is 26.0 Å². The molecule has 126 valence electrons. The van der Waals surface area contributed by atoms with Crippen LogP contribution in [-0.4, -0.2) is 19.7 Å². The van der Waals surface area contributed by atoms with E-state index in [-0.39, 0.29) is 5.97 Å². The molecule has 0 atom stereocenters. The van der Waals surface area contributed by atoms with Gasteiger partial charge in [-0.15, -0.1) is 0 Å². The molecular weight excluding hydrogens is 300 g/mol. The number of hydrogen-bond donors (Lipinski definition) is 0. The molecule has 0 N–H and O–H groups in total. The molecule has 0 spiro atoms. The molecule has 0 aromatic heterocycles. The number of ether oxygens (including phenoxy) is 2. The van der Waals surface area contributed by atoms with Crippen molar-refractivity contribution in [2.24, 2.45) is 0 Å². The normalized spacial score (nSPS) is 11.0. The second-order valence-electron chi connectivity index (χ2n) is 5.82. The van der Waals surface area contributed by atoms with Gasteiger partial charge in [-0.25, -0.2) is 4.79 Å². The van der Waals surface area contributed by atoms with Crippen LogP contribution < -0.4 is 4.74 Å². The molecule has 0 saturated heterocycles. The predicted molar refractivity (Wildman–Crippen MR) is 98.2 cm³/mol. The fraction of sp³-hybridized carbons (Fsp3) is 0.286. The molecule has 0 fully saturated rings. The Morgan fingerprint density at radius 2 is 1.83 bits per heavy atom. The summed E-state index contributed by atoms with van der Waals surface area (Å²) in [5.74, 6) is 0.989. The van der Waals surface area contributed by atoms with E-state index < -0.39 is 0 Å². The minimum atomic E-state index is -0.326. The summed E-state index contributed by atoms with van der Waals surface area (Å²) in [7, 11) is 1.68. The molecular formula is C21H24O3. The summed E-state index contributed by atoms with van der Waals surface area (Å²) >= 11 is 0. The Balaban J connectivity index is 2.27. The molecule has 0 saturated carbocycles. The van der Waals surface area contributed by atoms with E-state index in [9.17, 15) is 4.79 Å². The van der Waals surface area contributed by atoms with Crippen molar-refractivity contribution in [3.05, 3.63) is 59.7 Å². The van der Waals surface area contributed by atoms with Crippen LogP contribution in [0, 0.1) is 0 Å². The average molecular weight is 324 g/mol. The SMILES string of the molecule is CCOC(=O)/C=C/c1ccc(-c2cc(C(C)C)ccc2OC)cc1. The van der Waals surface area contributed by atoms with Gasteiger partial charge >= 0.3 is 5.97 Å². The highest BCUT2D eigenvalue weighted by Crippen LogP contribution is 2.33. The third kappa shape index (κ3) is 4.48. The number of carbonyl (C=O) groups excluding carboxylic acids is 1. The van der Waals surface area contributed by atoms with Crippen molar-refractivity contribution in [2.75, 3.05) is 13.7 Å². The summed E-state index contributed by atoms with van der Waals surface area (Å²) in [6, 6.07) is 14.3. The monoisotopic (exact) mass is 324 g/mol. The first-order valence-electron chi connectivity index (χ1n) is 8.18. The Bertz CT molecular complexity index is 712. The van der Waals surface area contributed by atoms with Gasteiger partial charge in [-0.1, -0.05) is 44.2 Å². The van der Waals surface area contributed by atoms with Gasteiger partial charge in [-0.3, -0.25) is 0 Å². The van der Waals surface area contributed by atoms with Crippen LogP contribution in [0.1, 0.15) is 37.8 Å². The third-order valence-corrected chi connectivity index (χ3v) is 3.81. The summed E-state index contributed by atoms with van der Waals surface area (Å²) in [6.45, 7) is 6.52. The van der Waals surface area contributed by atoms with Crippen LogP contribution in [0.25, 0.3) is 17.2 Å². The average Bonchev–Trinajstić information content (AvgIpc) is 2.60. The zero-order valence-corrected chi connectivity index (χ0v) is 14.7. The maximum atomic E-state index is 11.4. The topological polar surface area (TPSA) is 35.5 Å². The Morgan fingerprint density at radius 1 is 1.12 bits per heavy atom. The summed E-state index contributed by atoms with van der Waals surface area (Å²) < 4.78 is 10.4. The van der Waals surface area contributed by atoms with Crippen LogP contribution in [0.4, 0.5) is 0 Å². The number of carbonyl (C=O) groups is 1. The molecule has 0 unspecified atom stereocenters. The fourth-order valence-electron chi connectivity index (χ4n) is 2.44. The van der Waals surface area contributed by atoms with E-state index in [1.807, 2.05) is 30.3 Å². The van der Waals surface area contributed by atoms with Gasteiger partial charge in [0.25, 0.3) is 0 Å². The Labute approximate surface area is 143 Å². The zero-order valence-electron chi connectivity index (χ0n) is 14.7. The zero-order chi connectivity index (χ0) is 17.5. The van der Waals surface area contributed by atoms with Gasteiger partial charge in [-0.05, 0) is 47.7 Å². The summed E-state index contributed by atoms with van der Waals surface area (Å²) in [4.78, 5) is 11.4. The maximum Gasteiger partial charge on any atom is 0.330 e. The Kier molecular flexibility index (Phi) is 6.19. The van der Waals surface area contributed by atoms with Crippen LogP contribution in [-0.2, 0) is 9.53 Å². The molecule has 2 aromatic carbocycles. The number of hydrogen-bond acceptors (Lipinski definition) is 3. The number of esters is 1. The van der Waals surface area contributed by atoms with Crippen LogP contribution in [0.3, 0.4) is 0 Å². The highest BCUT2D eigenvalue weighted by Gasteiger charge is 2.09. The lowest BCUT2D eigenvalue weighted by molar-refractivity contribution is -0.137. The van der Waals surface area contributed by atoms with Crippen molar-refractivity contribution in [2.45, 2.75) is 26.7 Å². The molecule has 0 heterocycles. The first-order chi connectivity index (χ1) is 11.5. The smallest absolute Gasteiger partial charge is 0.330 e. The van der Waals surface area contributed by atoms with E-state index in [1.54, 1.807) is 20.1 Å². The standard InChI is InChI=1S/C21H24O3/c1-5-24-21(22)13-8-16-6-9-17(10-7-16)19-14-18(15(2)3)11-12-20(19)23-4/h6-15H,5H2,1-4H3/b13-8+. The predicted octanol–water partition coefficient (Wildman–Crippen LogP) is 5.06. The van der Waals surface area contributed by atoms with Crippen molar-refractivity contribution in [1.29, 1.82) is 0 Å². The molecule has 3 heteroatoms. The van der Waals surface area contributed by atoms with E-state index >= 15 is 0 Å². The van der Waals surface area contributed by atoms with Crippen molar-refractivity contribution < 1.29 is 14.3 Å². The first-order valence-corrected chi connectivity index (χ1v) is 8.18. The quantitative estimate of drug-likeness (QED) is 0.550. The highest BCUT2D eigenvalue weighted by atomic mass is 16.5. The van der Waals surface area contributed by atoms with E-state index in [0.29, 0.717) is 12.5 Å². The molecule has 0 aliphatic carbocycles. The van der Waals surface area contributed by atoms with E-state index in [0.717, 1.165) is 22.4 Å². The van der Waals surface area contributed by atoms with Gasteiger partial charge < -0.3 is 9.47 Å². The van der Waals surface area contributed by atoms with Gasteiger partial charge in [0.1, 0.15) is 5.75 Å². The molecule has 2 aromatic rings. The van der Waals surface area contributed by atoms with E-state index in [4.69, 9.17) is 9.47 Å². The minimum absolute atomic E-state index is 0.326. The number of rotatable bonds is 6. The molecule has 0 radical (unpaired) electrons. The lowest BCUT2D eigenvalue weighted by atomic mass is 9.96. The summed E-state index contributed by atoms with van der Waals surface area (Å²) in [6.07, 6.45) is 3.20. The summed E-state index contributed by atoms with van der Waals surface area (Å²) in [5, 5.41) is 0. The van der Waals surface area contributed by atoms with Crippen LogP contribution in [0.15, 0.2) is 48.5 Å². The molecule has 0 aliphatic rings. The molecule has 0 bridgehead atoms. The maximum absolute atomic E-state index is 11.4. The molecule has 3 nitrogen and oxygen atoms in total. The van der Waals surface area contributed by atoms with Crippen molar-refractivity contribution >= 4 is 12.0 Å². The highest BCUT2D eigenvalue weighted by molar-refractivity contribution is 5.87. The summed E-state index contributed by atoms with van der Waals surface area (Å²) in [5.41, 5.74) is 4.38. The third-order valence-electron chi connectivity index (χ3n) is 3.81. The fourth-order valence-corrected chi connectivity index (χ4v) is 2.44. The lowest BCUT2D eigenvalue weighted by Gasteiger charge is -2.13. The van der Waals surface area contributed by atoms with Gasteiger partial charge in [0.05, 0.1) is 13.7 Å². The second kappa shape index (κ2) is 8.34. The molecule has 0 aliphatic heterocycles. The largest absolute Gasteiger partial charge is 0.496 e. The molecule has 2 rings (SSSR count). The van der Waals surface area contributed by atoms with Gasteiger partial charge in [-0.2, -0.15) is 0 Å². The van der Waals surface area contributed by atoms with Crippen molar-refractivity contribution in [3.63, 3.8) is 0 Å². The van der Waals surface area contributed by atoms with Crippen molar-refractivity contribution in [1.82, 2.24) is 0 Å². The van der Waals surface area contributed by atoms with Gasteiger partial charge in [0, 0.05) is 11.6 Å². The number of benzene rings is 2. The Morgan fingerprint density at radius 3 is 2.42 bits per heavy atom. The first kappa shape index (κ1) is 17.8. The van der Waals surface area contributed by atoms with Crippen LogP contribution >= 0.6 is 0 Å². The van der Waals surface area contributed by atoms with Crippen LogP contribution in [0.5, 0.6) is 5.75 Å².